The molecule has 0 aliphatic heterocycles. The third-order valence-corrected chi connectivity index (χ3v) is 5.40. The molecule has 0 bridgehead atoms. The van der Waals surface area contributed by atoms with Crippen molar-refractivity contribution < 1.29 is 0 Å². The van der Waals surface area contributed by atoms with Gasteiger partial charge < -0.3 is 0 Å². The Morgan fingerprint density at radius 2 is 1.64 bits per heavy atom. The molecule has 0 spiro atoms. The van der Waals surface area contributed by atoms with E-state index in [4.69, 9.17) is 0 Å². The maximum Gasteiger partial charge on any atom is -0.00962 e. The van der Waals surface area contributed by atoms with E-state index in [9.17, 15) is 0 Å². The molecule has 4 aromatic carbocycles. The lowest BCUT2D eigenvalue weighted by Gasteiger charge is -2.11. The van der Waals surface area contributed by atoms with Gasteiger partial charge in [-0.15, -0.1) is 0 Å². The van der Waals surface area contributed by atoms with Gasteiger partial charge in [0.2, 0.25) is 0 Å². The van der Waals surface area contributed by atoms with E-state index < -0.39 is 0 Å². The Morgan fingerprint density at radius 3 is 2.55 bits per heavy atom. The van der Waals surface area contributed by atoms with E-state index in [1.54, 1.807) is 11.1 Å². The lowest BCUT2D eigenvalue weighted by atomic mass is 9.93. The zero-order valence-corrected chi connectivity index (χ0v) is 13.0. The van der Waals surface area contributed by atoms with E-state index in [0.29, 0.717) is 5.92 Å². The van der Waals surface area contributed by atoms with E-state index in [1.165, 1.54) is 44.3 Å². The molecule has 106 valence electrons. The molecule has 0 aromatic heterocycles. The molecule has 0 fully saturated rings. The molecule has 0 saturated carbocycles. The van der Waals surface area contributed by atoms with Crippen LogP contribution in [0.1, 0.15) is 29.5 Å². The minimum Gasteiger partial charge on any atom is -0.0616 e. The highest BCUT2D eigenvalue weighted by atomic mass is 14.3. The van der Waals surface area contributed by atoms with Gasteiger partial charge in [-0.3, -0.25) is 0 Å². The minimum atomic E-state index is 0.635. The summed E-state index contributed by atoms with van der Waals surface area (Å²) < 4.78 is 0. The van der Waals surface area contributed by atoms with Crippen LogP contribution in [0.25, 0.3) is 32.3 Å². The zero-order chi connectivity index (χ0) is 14.8. The summed E-state index contributed by atoms with van der Waals surface area (Å²) in [6, 6.07) is 20.3. The zero-order valence-electron chi connectivity index (χ0n) is 13.0. The van der Waals surface area contributed by atoms with Gasteiger partial charge in [0.15, 0.2) is 0 Å². The standard InChI is InChI=1S/C22H18/c1-13-7-8-16-12-19-17-6-4-3-5-15(17)9-10-18(19)20-11-14(2)21(13)22(16)20/h3-10,12,14H,11H2,1-2H3. The summed E-state index contributed by atoms with van der Waals surface area (Å²) in [6.45, 7) is 4.62. The SMILES string of the molecule is Cc1ccc2cc3c(ccc4ccccc43)c3c2c1C(C)C3. The average molecular weight is 282 g/mol. The maximum atomic E-state index is 2.40. The van der Waals surface area contributed by atoms with E-state index in [1.807, 2.05) is 0 Å². The quantitative estimate of drug-likeness (QED) is 0.269. The van der Waals surface area contributed by atoms with Crippen molar-refractivity contribution in [2.75, 3.05) is 0 Å². The van der Waals surface area contributed by atoms with Gasteiger partial charge in [-0.1, -0.05) is 55.5 Å². The summed E-state index contributed by atoms with van der Waals surface area (Å²) in [5.74, 6) is 0.635. The van der Waals surface area contributed by atoms with E-state index in [2.05, 4.69) is 68.4 Å². The highest BCUT2D eigenvalue weighted by molar-refractivity contribution is 6.15. The fourth-order valence-electron chi connectivity index (χ4n) is 4.46. The maximum absolute atomic E-state index is 2.40. The van der Waals surface area contributed by atoms with Crippen LogP contribution in [0.15, 0.2) is 54.6 Å². The molecule has 0 amide bonds. The van der Waals surface area contributed by atoms with Crippen LogP contribution in [0.4, 0.5) is 0 Å². The van der Waals surface area contributed by atoms with Crippen molar-refractivity contribution in [3.63, 3.8) is 0 Å². The Labute approximate surface area is 130 Å². The molecular formula is C22H18. The number of hydrogen-bond acceptors (Lipinski definition) is 0. The monoisotopic (exact) mass is 282 g/mol. The summed E-state index contributed by atoms with van der Waals surface area (Å²) in [6.07, 6.45) is 1.17. The molecule has 1 aliphatic carbocycles. The molecule has 4 aromatic rings. The molecule has 1 atom stereocenters. The Hall–Kier alpha value is -2.34. The molecule has 22 heavy (non-hydrogen) atoms. The third kappa shape index (κ3) is 1.42. The Balaban J connectivity index is 2.06. The van der Waals surface area contributed by atoms with E-state index in [0.717, 1.165) is 0 Å². The topological polar surface area (TPSA) is 0 Å². The van der Waals surface area contributed by atoms with Gasteiger partial charge in [0.1, 0.15) is 0 Å². The number of aryl methyl sites for hydroxylation is 1. The number of benzene rings is 4. The van der Waals surface area contributed by atoms with Gasteiger partial charge in [0.25, 0.3) is 0 Å². The van der Waals surface area contributed by atoms with Crippen molar-refractivity contribution in [1.82, 2.24) is 0 Å². The predicted molar refractivity (Wildman–Crippen MR) is 95.8 cm³/mol. The molecule has 0 heteroatoms. The van der Waals surface area contributed by atoms with Crippen molar-refractivity contribution in [2.24, 2.45) is 0 Å². The van der Waals surface area contributed by atoms with Gasteiger partial charge in [-0.05, 0) is 74.3 Å². The van der Waals surface area contributed by atoms with Crippen LogP contribution in [0.2, 0.25) is 0 Å². The van der Waals surface area contributed by atoms with Crippen LogP contribution in [-0.4, -0.2) is 0 Å². The Kier molecular flexibility index (Phi) is 2.28. The number of fused-ring (bicyclic) bond motifs is 4. The second-order valence-electron chi connectivity index (χ2n) is 6.74. The first-order valence-electron chi connectivity index (χ1n) is 8.10. The molecule has 0 radical (unpaired) electrons. The summed E-state index contributed by atoms with van der Waals surface area (Å²) in [7, 11) is 0. The lowest BCUT2D eigenvalue weighted by molar-refractivity contribution is 0.795. The van der Waals surface area contributed by atoms with Gasteiger partial charge in [0, 0.05) is 0 Å². The number of hydrogen-bond donors (Lipinski definition) is 0. The molecule has 0 nitrogen and oxygen atoms in total. The average Bonchev–Trinajstić information content (AvgIpc) is 2.89. The number of rotatable bonds is 0. The summed E-state index contributed by atoms with van der Waals surface area (Å²) >= 11 is 0. The molecule has 0 heterocycles. The van der Waals surface area contributed by atoms with Crippen molar-refractivity contribution in [3.8, 4) is 0 Å². The van der Waals surface area contributed by atoms with Crippen LogP contribution < -0.4 is 0 Å². The second kappa shape index (κ2) is 4.10. The minimum absolute atomic E-state index is 0.635. The smallest absolute Gasteiger partial charge is 0.00962 e. The molecule has 1 unspecified atom stereocenters. The van der Waals surface area contributed by atoms with Crippen molar-refractivity contribution >= 4 is 32.3 Å². The van der Waals surface area contributed by atoms with Gasteiger partial charge in [-0.2, -0.15) is 0 Å². The Morgan fingerprint density at radius 1 is 0.818 bits per heavy atom. The first-order valence-corrected chi connectivity index (χ1v) is 8.10. The predicted octanol–water partition coefficient (Wildman–Crippen LogP) is 6.11. The van der Waals surface area contributed by atoms with E-state index in [-0.39, 0.29) is 0 Å². The Bertz CT molecular complexity index is 1070. The fourth-order valence-corrected chi connectivity index (χ4v) is 4.46. The van der Waals surface area contributed by atoms with Crippen molar-refractivity contribution in [3.05, 3.63) is 71.3 Å². The van der Waals surface area contributed by atoms with E-state index >= 15 is 0 Å². The summed E-state index contributed by atoms with van der Waals surface area (Å²) in [5, 5.41) is 8.49. The molecule has 5 rings (SSSR count). The largest absolute Gasteiger partial charge is 0.0616 e. The van der Waals surface area contributed by atoms with Gasteiger partial charge in [0.05, 0.1) is 0 Å². The molecule has 0 N–H and O–H groups in total. The highest BCUT2D eigenvalue weighted by Gasteiger charge is 2.25. The van der Waals surface area contributed by atoms with Crippen molar-refractivity contribution in [2.45, 2.75) is 26.2 Å². The summed E-state index contributed by atoms with van der Waals surface area (Å²) in [5.41, 5.74) is 4.57. The third-order valence-electron chi connectivity index (χ3n) is 5.40. The van der Waals surface area contributed by atoms with Crippen LogP contribution in [0.5, 0.6) is 0 Å². The van der Waals surface area contributed by atoms with Crippen LogP contribution in [0, 0.1) is 6.92 Å². The lowest BCUT2D eigenvalue weighted by Crippen LogP contribution is -1.91. The first-order chi connectivity index (χ1) is 10.7. The highest BCUT2D eigenvalue weighted by Crippen LogP contribution is 2.44. The summed E-state index contributed by atoms with van der Waals surface area (Å²) in [4.78, 5) is 0. The molecule has 0 saturated heterocycles. The normalized spacial score (nSPS) is 16.9. The fraction of sp³-hybridized carbons (Fsp3) is 0.182. The second-order valence-corrected chi connectivity index (χ2v) is 6.74. The first kappa shape index (κ1) is 12.2. The molecular weight excluding hydrogens is 264 g/mol. The van der Waals surface area contributed by atoms with Crippen LogP contribution in [-0.2, 0) is 6.42 Å². The van der Waals surface area contributed by atoms with Crippen LogP contribution >= 0.6 is 0 Å². The van der Waals surface area contributed by atoms with Gasteiger partial charge >= 0.3 is 0 Å². The molecule has 1 aliphatic rings. The van der Waals surface area contributed by atoms with Crippen molar-refractivity contribution in [1.29, 1.82) is 0 Å². The van der Waals surface area contributed by atoms with Crippen LogP contribution in [0.3, 0.4) is 0 Å². The van der Waals surface area contributed by atoms with Gasteiger partial charge in [-0.25, -0.2) is 0 Å².